The number of aromatic nitrogens is 3. The molecule has 0 radical (unpaired) electrons. The first-order valence-corrected chi connectivity index (χ1v) is 12.9. The van der Waals surface area contributed by atoms with Gasteiger partial charge in [0.15, 0.2) is 5.82 Å². The van der Waals surface area contributed by atoms with Crippen molar-refractivity contribution in [2.75, 3.05) is 31.6 Å². The molecular formula is C27H36N6O3. The van der Waals surface area contributed by atoms with Crippen LogP contribution >= 0.6 is 0 Å². The number of rotatable bonds is 8. The first-order chi connectivity index (χ1) is 17.3. The lowest BCUT2D eigenvalue weighted by molar-refractivity contribution is -0.121. The van der Waals surface area contributed by atoms with Crippen molar-refractivity contribution >= 4 is 22.6 Å². The first-order valence-electron chi connectivity index (χ1n) is 12.9. The van der Waals surface area contributed by atoms with E-state index in [4.69, 9.17) is 0 Å². The largest absolute Gasteiger partial charge is 0.394 e. The van der Waals surface area contributed by atoms with Crippen LogP contribution in [0.1, 0.15) is 42.5 Å². The van der Waals surface area contributed by atoms with Gasteiger partial charge in [-0.2, -0.15) is 5.10 Å². The number of carbonyl (C=O) groups excluding carboxylic acids is 1. The Hall–Kier alpha value is -3.01. The van der Waals surface area contributed by atoms with Crippen molar-refractivity contribution < 1.29 is 15.0 Å². The lowest BCUT2D eigenvalue weighted by Crippen LogP contribution is -2.63. The van der Waals surface area contributed by atoms with Crippen LogP contribution in [-0.2, 0) is 16.9 Å². The van der Waals surface area contributed by atoms with Gasteiger partial charge in [-0.3, -0.25) is 19.4 Å². The van der Waals surface area contributed by atoms with E-state index in [0.717, 1.165) is 66.5 Å². The van der Waals surface area contributed by atoms with Gasteiger partial charge < -0.3 is 20.8 Å². The van der Waals surface area contributed by atoms with Crippen LogP contribution in [0.3, 0.4) is 0 Å². The molecule has 1 saturated carbocycles. The number of pyridine rings is 1. The minimum atomic E-state index is -0.784. The number of anilines is 1. The summed E-state index contributed by atoms with van der Waals surface area (Å²) >= 11 is 0. The van der Waals surface area contributed by atoms with Gasteiger partial charge in [-0.1, -0.05) is 17.7 Å². The van der Waals surface area contributed by atoms with E-state index in [-0.39, 0.29) is 25.1 Å². The number of aryl methyl sites for hydroxylation is 2. The van der Waals surface area contributed by atoms with E-state index in [1.807, 2.05) is 44.2 Å². The number of hydrogen-bond donors (Lipinski definition) is 4. The van der Waals surface area contributed by atoms with E-state index in [2.05, 4.69) is 25.6 Å². The van der Waals surface area contributed by atoms with Crippen molar-refractivity contribution in [3.05, 3.63) is 53.3 Å². The van der Waals surface area contributed by atoms with Gasteiger partial charge in [-0.25, -0.2) is 0 Å². The van der Waals surface area contributed by atoms with Crippen LogP contribution < -0.4 is 10.6 Å². The second kappa shape index (κ2) is 10.2. The van der Waals surface area contributed by atoms with Crippen molar-refractivity contribution in [1.29, 1.82) is 0 Å². The third-order valence-electron chi connectivity index (χ3n) is 7.66. The van der Waals surface area contributed by atoms with Crippen molar-refractivity contribution in [3.8, 4) is 0 Å². The zero-order chi connectivity index (χ0) is 25.3. The van der Waals surface area contributed by atoms with Crippen LogP contribution in [0, 0.1) is 13.8 Å². The zero-order valence-corrected chi connectivity index (χ0v) is 21.1. The van der Waals surface area contributed by atoms with E-state index < -0.39 is 5.60 Å². The Labute approximate surface area is 211 Å². The average Bonchev–Trinajstić information content (AvgIpc) is 3.17. The third kappa shape index (κ3) is 5.09. The summed E-state index contributed by atoms with van der Waals surface area (Å²) in [5.41, 5.74) is 3.14. The van der Waals surface area contributed by atoms with Crippen LogP contribution in [-0.4, -0.2) is 74.1 Å². The smallest absolute Gasteiger partial charge is 0.239 e. The number of benzene rings is 1. The van der Waals surface area contributed by atoms with Crippen LogP contribution in [0.2, 0.25) is 0 Å². The average molecular weight is 493 g/mol. The summed E-state index contributed by atoms with van der Waals surface area (Å²) in [4.78, 5) is 19.4. The molecule has 36 heavy (non-hydrogen) atoms. The topological polar surface area (TPSA) is 116 Å². The summed E-state index contributed by atoms with van der Waals surface area (Å²) in [5.74, 6) is 0.605. The van der Waals surface area contributed by atoms with Gasteiger partial charge in [-0.05, 0) is 57.7 Å². The molecule has 3 heterocycles. The Morgan fingerprint density at radius 3 is 2.64 bits per heavy atom. The van der Waals surface area contributed by atoms with Crippen LogP contribution in [0.5, 0.6) is 0 Å². The molecule has 0 unspecified atom stereocenters. The van der Waals surface area contributed by atoms with Gasteiger partial charge in [0.05, 0.1) is 36.9 Å². The molecule has 1 aromatic carbocycles. The lowest BCUT2D eigenvalue weighted by atomic mass is 9.77. The fourth-order valence-corrected chi connectivity index (χ4v) is 5.51. The molecule has 192 valence electrons. The standard InChI is InChI=1S/C27H36N6O3/c1-18-3-6-24-23(13-18)26(31-33(24)11-12-34)29-15-25(35)30-21-16-32(17-21)22-7-9-27(36,10-8-22)20-5-4-19(2)28-14-20/h3-6,13-14,21-22,34,36H,7-12,15-17H2,1-2H3,(H,29,31)(H,30,35). The van der Waals surface area contributed by atoms with Crippen LogP contribution in [0.4, 0.5) is 5.82 Å². The molecular weight excluding hydrogens is 456 g/mol. The molecule has 1 aliphatic heterocycles. The molecule has 9 heteroatoms. The molecule has 2 aliphatic rings. The number of aliphatic hydroxyl groups excluding tert-OH is 1. The maximum atomic E-state index is 12.6. The molecule has 1 saturated heterocycles. The predicted molar refractivity (Wildman–Crippen MR) is 139 cm³/mol. The highest BCUT2D eigenvalue weighted by Crippen LogP contribution is 2.39. The number of aliphatic hydroxyl groups is 2. The van der Waals surface area contributed by atoms with Crippen LogP contribution in [0.25, 0.3) is 10.9 Å². The maximum Gasteiger partial charge on any atom is 0.239 e. The molecule has 1 amide bonds. The van der Waals surface area contributed by atoms with Crippen molar-refractivity contribution in [3.63, 3.8) is 0 Å². The number of carbonyl (C=O) groups is 1. The summed E-state index contributed by atoms with van der Waals surface area (Å²) in [5, 5.41) is 32.2. The molecule has 0 spiro atoms. The van der Waals surface area contributed by atoms with E-state index in [0.29, 0.717) is 18.4 Å². The molecule has 0 atom stereocenters. The van der Waals surface area contributed by atoms with Crippen molar-refractivity contribution in [2.24, 2.45) is 0 Å². The molecule has 4 N–H and O–H groups in total. The summed E-state index contributed by atoms with van der Waals surface area (Å²) in [6.45, 7) is 6.22. The van der Waals surface area contributed by atoms with Gasteiger partial charge in [0, 0.05) is 42.0 Å². The highest BCUT2D eigenvalue weighted by atomic mass is 16.3. The summed E-state index contributed by atoms with van der Waals surface area (Å²) in [6.07, 6.45) is 5.15. The summed E-state index contributed by atoms with van der Waals surface area (Å²) in [7, 11) is 0. The Kier molecular flexibility index (Phi) is 6.96. The monoisotopic (exact) mass is 492 g/mol. The lowest BCUT2D eigenvalue weighted by Gasteiger charge is -2.48. The Balaban J connectivity index is 1.08. The number of nitrogens with zero attached hydrogens (tertiary/aromatic N) is 4. The van der Waals surface area contributed by atoms with Gasteiger partial charge in [0.2, 0.25) is 5.91 Å². The maximum absolute atomic E-state index is 12.6. The fourth-order valence-electron chi connectivity index (χ4n) is 5.51. The van der Waals surface area contributed by atoms with Gasteiger partial charge in [0.1, 0.15) is 0 Å². The Morgan fingerprint density at radius 2 is 1.94 bits per heavy atom. The highest BCUT2D eigenvalue weighted by molar-refractivity contribution is 5.92. The molecule has 1 aliphatic carbocycles. The SMILES string of the molecule is Cc1ccc2c(c1)c(NCC(=O)NC1CN(C3CCC(O)(c4ccc(C)nc4)CC3)C1)nn2CCO. The molecule has 9 nitrogen and oxygen atoms in total. The van der Waals surface area contributed by atoms with E-state index in [9.17, 15) is 15.0 Å². The summed E-state index contributed by atoms with van der Waals surface area (Å²) < 4.78 is 1.76. The van der Waals surface area contributed by atoms with Crippen molar-refractivity contribution in [1.82, 2.24) is 25.0 Å². The highest BCUT2D eigenvalue weighted by Gasteiger charge is 2.40. The van der Waals surface area contributed by atoms with Gasteiger partial charge in [0.25, 0.3) is 0 Å². The Morgan fingerprint density at radius 1 is 1.17 bits per heavy atom. The Bertz CT molecular complexity index is 1210. The number of nitrogens with one attached hydrogen (secondary N) is 2. The zero-order valence-electron chi connectivity index (χ0n) is 21.1. The molecule has 5 rings (SSSR count). The fraction of sp³-hybridized carbons (Fsp3) is 0.519. The third-order valence-corrected chi connectivity index (χ3v) is 7.66. The minimum Gasteiger partial charge on any atom is -0.394 e. The predicted octanol–water partition coefficient (Wildman–Crippen LogP) is 2.08. The van der Waals surface area contributed by atoms with E-state index in [1.54, 1.807) is 10.9 Å². The number of likely N-dealkylation sites (tertiary alicyclic amines) is 1. The van der Waals surface area contributed by atoms with Gasteiger partial charge in [-0.15, -0.1) is 0 Å². The second-order valence-electron chi connectivity index (χ2n) is 10.3. The van der Waals surface area contributed by atoms with Gasteiger partial charge >= 0.3 is 0 Å². The second-order valence-corrected chi connectivity index (χ2v) is 10.3. The van der Waals surface area contributed by atoms with Crippen LogP contribution in [0.15, 0.2) is 36.5 Å². The quantitative estimate of drug-likeness (QED) is 0.381. The number of fused-ring (bicyclic) bond motifs is 1. The number of amides is 1. The summed E-state index contributed by atoms with van der Waals surface area (Å²) in [6, 6.07) is 10.6. The van der Waals surface area contributed by atoms with Crippen molar-refractivity contribution in [2.45, 2.75) is 63.8 Å². The van der Waals surface area contributed by atoms with E-state index >= 15 is 0 Å². The molecule has 0 bridgehead atoms. The minimum absolute atomic E-state index is 0.00616. The first kappa shape index (κ1) is 24.7. The molecule has 2 fully saturated rings. The number of hydrogen-bond acceptors (Lipinski definition) is 7. The normalized spacial score (nSPS) is 22.9. The molecule has 2 aromatic heterocycles. The van der Waals surface area contributed by atoms with E-state index in [1.165, 1.54) is 0 Å². The molecule has 3 aromatic rings.